The fourth-order valence-electron chi connectivity index (χ4n) is 1.72. The highest BCUT2D eigenvalue weighted by Gasteiger charge is 2.19. The van der Waals surface area contributed by atoms with Gasteiger partial charge in [-0.2, -0.15) is 5.26 Å². The summed E-state index contributed by atoms with van der Waals surface area (Å²) >= 11 is 0. The minimum absolute atomic E-state index is 0.592. The lowest BCUT2D eigenvalue weighted by Gasteiger charge is -2.36. The normalized spacial score (nSPS) is 22.5. The van der Waals surface area contributed by atoms with E-state index in [0.29, 0.717) is 12.6 Å². The predicted octanol–water partition coefficient (Wildman–Crippen LogP) is 0.926. The molecule has 0 bridgehead atoms. The third kappa shape index (κ3) is 2.98. The van der Waals surface area contributed by atoms with Gasteiger partial charge in [0.1, 0.15) is 0 Å². The van der Waals surface area contributed by atoms with Crippen LogP contribution in [0.1, 0.15) is 20.3 Å². The Hall–Kier alpha value is -0.590. The standard InChI is InChI=1S/C10H19N3/c1-3-10(2)13-8-6-12(5-4-11)7-9-13/h10H,3,5-9H2,1-2H3. The summed E-state index contributed by atoms with van der Waals surface area (Å²) in [6.45, 7) is 9.45. The van der Waals surface area contributed by atoms with Crippen LogP contribution in [0.25, 0.3) is 0 Å². The van der Waals surface area contributed by atoms with E-state index in [9.17, 15) is 0 Å². The zero-order valence-electron chi connectivity index (χ0n) is 8.66. The molecule has 3 nitrogen and oxygen atoms in total. The van der Waals surface area contributed by atoms with E-state index in [1.807, 2.05) is 0 Å². The van der Waals surface area contributed by atoms with Crippen LogP contribution >= 0.6 is 0 Å². The molecule has 0 saturated carbocycles. The Labute approximate surface area is 80.9 Å². The van der Waals surface area contributed by atoms with E-state index >= 15 is 0 Å². The molecule has 0 amide bonds. The molecule has 1 saturated heterocycles. The number of rotatable bonds is 3. The van der Waals surface area contributed by atoms with Crippen molar-refractivity contribution in [2.45, 2.75) is 26.3 Å². The Morgan fingerprint density at radius 3 is 2.38 bits per heavy atom. The molecular formula is C10H19N3. The second-order valence-electron chi connectivity index (χ2n) is 3.73. The van der Waals surface area contributed by atoms with E-state index in [0.717, 1.165) is 26.2 Å². The molecule has 13 heavy (non-hydrogen) atoms. The van der Waals surface area contributed by atoms with Crippen molar-refractivity contribution in [3.05, 3.63) is 0 Å². The van der Waals surface area contributed by atoms with E-state index in [-0.39, 0.29) is 0 Å². The first-order valence-corrected chi connectivity index (χ1v) is 5.11. The molecule has 1 atom stereocenters. The molecule has 1 rings (SSSR count). The largest absolute Gasteiger partial charge is 0.298 e. The minimum Gasteiger partial charge on any atom is -0.298 e. The lowest BCUT2D eigenvalue weighted by Crippen LogP contribution is -2.49. The molecule has 0 radical (unpaired) electrons. The number of hydrogen-bond donors (Lipinski definition) is 0. The van der Waals surface area contributed by atoms with E-state index in [4.69, 9.17) is 5.26 Å². The van der Waals surface area contributed by atoms with Gasteiger partial charge in [-0.1, -0.05) is 6.92 Å². The quantitative estimate of drug-likeness (QED) is 0.607. The van der Waals surface area contributed by atoms with Crippen molar-refractivity contribution in [2.75, 3.05) is 32.7 Å². The summed E-state index contributed by atoms with van der Waals surface area (Å²) in [5, 5.41) is 8.53. The second-order valence-corrected chi connectivity index (χ2v) is 3.73. The third-order valence-corrected chi connectivity index (χ3v) is 2.92. The first-order valence-electron chi connectivity index (χ1n) is 5.11. The van der Waals surface area contributed by atoms with Gasteiger partial charge in [0.2, 0.25) is 0 Å². The fourth-order valence-corrected chi connectivity index (χ4v) is 1.72. The molecule has 1 aliphatic heterocycles. The summed E-state index contributed by atoms with van der Waals surface area (Å²) in [4.78, 5) is 4.73. The smallest absolute Gasteiger partial charge is 0.0866 e. The van der Waals surface area contributed by atoms with Crippen molar-refractivity contribution < 1.29 is 0 Å². The van der Waals surface area contributed by atoms with Gasteiger partial charge in [-0.15, -0.1) is 0 Å². The third-order valence-electron chi connectivity index (χ3n) is 2.92. The number of hydrogen-bond acceptors (Lipinski definition) is 3. The van der Waals surface area contributed by atoms with E-state index in [1.165, 1.54) is 6.42 Å². The van der Waals surface area contributed by atoms with Crippen LogP contribution in [-0.2, 0) is 0 Å². The van der Waals surface area contributed by atoms with Crippen LogP contribution in [0.3, 0.4) is 0 Å². The summed E-state index contributed by atoms with van der Waals surface area (Å²) < 4.78 is 0. The van der Waals surface area contributed by atoms with Gasteiger partial charge in [0, 0.05) is 32.2 Å². The maximum atomic E-state index is 8.53. The molecule has 74 valence electrons. The van der Waals surface area contributed by atoms with Crippen molar-refractivity contribution in [1.82, 2.24) is 9.80 Å². The van der Waals surface area contributed by atoms with Gasteiger partial charge in [0.25, 0.3) is 0 Å². The molecule has 0 N–H and O–H groups in total. The van der Waals surface area contributed by atoms with Crippen molar-refractivity contribution in [3.63, 3.8) is 0 Å². The summed E-state index contributed by atoms with van der Waals surface area (Å²) in [5.74, 6) is 0. The molecule has 0 aromatic rings. The van der Waals surface area contributed by atoms with Gasteiger partial charge in [-0.3, -0.25) is 9.80 Å². The average molecular weight is 181 g/mol. The lowest BCUT2D eigenvalue weighted by atomic mass is 10.2. The Morgan fingerprint density at radius 1 is 1.31 bits per heavy atom. The van der Waals surface area contributed by atoms with Crippen LogP contribution in [-0.4, -0.2) is 48.6 Å². The molecule has 0 aliphatic carbocycles. The maximum absolute atomic E-state index is 8.53. The fraction of sp³-hybridized carbons (Fsp3) is 0.900. The Morgan fingerprint density at radius 2 is 1.92 bits per heavy atom. The van der Waals surface area contributed by atoms with Crippen molar-refractivity contribution in [3.8, 4) is 6.07 Å². The van der Waals surface area contributed by atoms with Crippen molar-refractivity contribution >= 4 is 0 Å². The number of piperazine rings is 1. The molecule has 1 aliphatic rings. The highest BCUT2D eigenvalue weighted by Crippen LogP contribution is 2.07. The first-order chi connectivity index (χ1) is 6.27. The van der Waals surface area contributed by atoms with Crippen molar-refractivity contribution in [1.29, 1.82) is 5.26 Å². The highest BCUT2D eigenvalue weighted by molar-refractivity contribution is 4.82. The lowest BCUT2D eigenvalue weighted by molar-refractivity contribution is 0.109. The van der Waals surface area contributed by atoms with Crippen LogP contribution in [0, 0.1) is 11.3 Å². The predicted molar refractivity (Wildman–Crippen MR) is 53.4 cm³/mol. The van der Waals surface area contributed by atoms with Gasteiger partial charge < -0.3 is 0 Å². The van der Waals surface area contributed by atoms with Crippen molar-refractivity contribution in [2.24, 2.45) is 0 Å². The molecule has 1 unspecified atom stereocenters. The summed E-state index contributed by atoms with van der Waals surface area (Å²) in [5.41, 5.74) is 0. The molecule has 3 heteroatoms. The topological polar surface area (TPSA) is 30.3 Å². The van der Waals surface area contributed by atoms with Gasteiger partial charge >= 0.3 is 0 Å². The Balaban J connectivity index is 2.27. The second kappa shape index (κ2) is 5.21. The summed E-state index contributed by atoms with van der Waals surface area (Å²) in [6.07, 6.45) is 1.22. The molecular weight excluding hydrogens is 162 g/mol. The van der Waals surface area contributed by atoms with Crippen LogP contribution in [0.4, 0.5) is 0 Å². The molecule has 1 fully saturated rings. The average Bonchev–Trinajstić information content (AvgIpc) is 2.18. The van der Waals surface area contributed by atoms with Crippen LogP contribution < -0.4 is 0 Å². The van der Waals surface area contributed by atoms with E-state index in [2.05, 4.69) is 29.7 Å². The first kappa shape index (κ1) is 10.5. The SMILES string of the molecule is CCC(C)N1CCN(CC#N)CC1. The molecule has 0 aromatic heterocycles. The molecule has 0 aromatic carbocycles. The van der Waals surface area contributed by atoms with Crippen LogP contribution in [0.15, 0.2) is 0 Å². The van der Waals surface area contributed by atoms with Gasteiger partial charge in [-0.05, 0) is 13.3 Å². The minimum atomic E-state index is 0.592. The maximum Gasteiger partial charge on any atom is 0.0866 e. The van der Waals surface area contributed by atoms with Crippen LogP contribution in [0.5, 0.6) is 0 Å². The Bertz CT molecular complexity index is 177. The zero-order valence-corrected chi connectivity index (χ0v) is 8.66. The van der Waals surface area contributed by atoms with Gasteiger partial charge in [0.05, 0.1) is 12.6 Å². The highest BCUT2D eigenvalue weighted by atomic mass is 15.3. The monoisotopic (exact) mass is 181 g/mol. The van der Waals surface area contributed by atoms with Gasteiger partial charge in [0.15, 0.2) is 0 Å². The molecule has 1 heterocycles. The number of nitriles is 1. The van der Waals surface area contributed by atoms with E-state index < -0.39 is 0 Å². The Kier molecular flexibility index (Phi) is 4.20. The van der Waals surface area contributed by atoms with Crippen LogP contribution in [0.2, 0.25) is 0 Å². The summed E-state index contributed by atoms with van der Waals surface area (Å²) in [7, 11) is 0. The van der Waals surface area contributed by atoms with E-state index in [1.54, 1.807) is 0 Å². The summed E-state index contributed by atoms with van der Waals surface area (Å²) in [6, 6.07) is 2.90. The molecule has 0 spiro atoms. The number of nitrogens with zero attached hydrogens (tertiary/aromatic N) is 3. The zero-order chi connectivity index (χ0) is 9.68. The van der Waals surface area contributed by atoms with Gasteiger partial charge in [-0.25, -0.2) is 0 Å².